The summed E-state index contributed by atoms with van der Waals surface area (Å²) in [6, 6.07) is 16.8. The first-order valence-electron chi connectivity index (χ1n) is 7.30. The Hall–Kier alpha value is -2.11. The van der Waals surface area contributed by atoms with Gasteiger partial charge in [-0.25, -0.2) is 10.0 Å². The Morgan fingerprint density at radius 3 is 2.48 bits per heavy atom. The lowest BCUT2D eigenvalue weighted by Gasteiger charge is -2.33. The minimum absolute atomic E-state index is 0.00462. The summed E-state index contributed by atoms with van der Waals surface area (Å²) in [5, 5.41) is 7.77. The van der Waals surface area contributed by atoms with Crippen molar-refractivity contribution in [3.05, 3.63) is 59.6 Å². The highest BCUT2D eigenvalue weighted by Gasteiger charge is 2.37. The molecule has 1 atom stereocenters. The standard InChI is InChI=1S/C17H16ClN3OS/c1-12-11-16(22)21(15-5-3-2-4-6-15)20(12)17(23)19-14-9-7-13(18)8-10-14/h2-10,12H,11H2,1H3,(H,19,23). The quantitative estimate of drug-likeness (QED) is 0.832. The largest absolute Gasteiger partial charge is 0.331 e. The lowest BCUT2D eigenvalue weighted by Crippen LogP contribution is -2.48. The van der Waals surface area contributed by atoms with Crippen molar-refractivity contribution in [1.29, 1.82) is 0 Å². The zero-order valence-corrected chi connectivity index (χ0v) is 14.1. The number of amides is 1. The number of anilines is 2. The van der Waals surface area contributed by atoms with Gasteiger partial charge in [0.1, 0.15) is 0 Å². The van der Waals surface area contributed by atoms with E-state index in [4.69, 9.17) is 23.8 Å². The highest BCUT2D eigenvalue weighted by atomic mass is 35.5. The van der Waals surface area contributed by atoms with Gasteiger partial charge in [0.05, 0.1) is 18.2 Å². The summed E-state index contributed by atoms with van der Waals surface area (Å²) >= 11 is 11.4. The van der Waals surface area contributed by atoms with E-state index >= 15 is 0 Å². The third-order valence-electron chi connectivity index (χ3n) is 3.64. The minimum atomic E-state index is -0.00462. The normalized spacial score (nSPS) is 17.5. The van der Waals surface area contributed by atoms with Crippen molar-refractivity contribution in [3.8, 4) is 0 Å². The van der Waals surface area contributed by atoms with E-state index in [0.717, 1.165) is 11.4 Å². The lowest BCUT2D eigenvalue weighted by molar-refractivity contribution is -0.117. The van der Waals surface area contributed by atoms with Crippen LogP contribution in [0.4, 0.5) is 11.4 Å². The molecule has 0 bridgehead atoms. The van der Waals surface area contributed by atoms with Gasteiger partial charge in [-0.1, -0.05) is 29.8 Å². The maximum atomic E-state index is 12.4. The van der Waals surface area contributed by atoms with Gasteiger partial charge in [-0.15, -0.1) is 0 Å². The Bertz CT molecular complexity index is 720. The number of nitrogens with one attached hydrogen (secondary N) is 1. The van der Waals surface area contributed by atoms with E-state index in [2.05, 4.69) is 5.32 Å². The Kier molecular flexibility index (Phi) is 4.50. The predicted molar refractivity (Wildman–Crippen MR) is 97.5 cm³/mol. The SMILES string of the molecule is CC1CC(=O)N(c2ccccc2)N1C(=S)Nc1ccc(Cl)cc1. The zero-order valence-electron chi connectivity index (χ0n) is 12.6. The number of para-hydroxylation sites is 1. The smallest absolute Gasteiger partial charge is 0.248 e. The van der Waals surface area contributed by atoms with Crippen LogP contribution < -0.4 is 10.3 Å². The van der Waals surface area contributed by atoms with Crippen LogP contribution in [0.25, 0.3) is 0 Å². The van der Waals surface area contributed by atoms with Crippen molar-refractivity contribution < 1.29 is 4.79 Å². The maximum Gasteiger partial charge on any atom is 0.248 e. The van der Waals surface area contributed by atoms with E-state index in [9.17, 15) is 4.79 Å². The van der Waals surface area contributed by atoms with Crippen molar-refractivity contribution in [2.75, 3.05) is 10.3 Å². The fourth-order valence-corrected chi connectivity index (χ4v) is 3.09. The molecule has 6 heteroatoms. The number of rotatable bonds is 2. The van der Waals surface area contributed by atoms with Crippen LogP contribution in [0.1, 0.15) is 13.3 Å². The fourth-order valence-electron chi connectivity index (χ4n) is 2.59. The number of thiocarbonyl (C=S) groups is 1. The molecule has 1 unspecified atom stereocenters. The van der Waals surface area contributed by atoms with Gasteiger partial charge in [0.15, 0.2) is 5.11 Å². The highest BCUT2D eigenvalue weighted by molar-refractivity contribution is 7.80. The Balaban J connectivity index is 1.84. The van der Waals surface area contributed by atoms with Crippen molar-refractivity contribution in [3.63, 3.8) is 0 Å². The number of hydrogen-bond acceptors (Lipinski definition) is 2. The minimum Gasteiger partial charge on any atom is -0.331 e. The molecule has 1 saturated heterocycles. The summed E-state index contributed by atoms with van der Waals surface area (Å²) in [4.78, 5) is 12.4. The summed E-state index contributed by atoms with van der Waals surface area (Å²) in [6.07, 6.45) is 0.428. The second kappa shape index (κ2) is 6.56. The van der Waals surface area contributed by atoms with E-state index < -0.39 is 0 Å². The second-order valence-electron chi connectivity index (χ2n) is 5.38. The van der Waals surface area contributed by atoms with Crippen LogP contribution >= 0.6 is 23.8 Å². The van der Waals surface area contributed by atoms with Gasteiger partial charge < -0.3 is 5.32 Å². The van der Waals surface area contributed by atoms with E-state index in [1.165, 1.54) is 0 Å². The van der Waals surface area contributed by atoms with Crippen LogP contribution in [0, 0.1) is 0 Å². The summed E-state index contributed by atoms with van der Waals surface area (Å²) in [7, 11) is 0. The number of halogens is 1. The van der Waals surface area contributed by atoms with Gasteiger partial charge in [-0.05, 0) is 55.5 Å². The Labute approximate surface area is 145 Å². The summed E-state index contributed by atoms with van der Waals surface area (Å²) in [6.45, 7) is 1.98. The van der Waals surface area contributed by atoms with Crippen molar-refractivity contribution >= 4 is 46.2 Å². The Morgan fingerprint density at radius 2 is 1.83 bits per heavy atom. The van der Waals surface area contributed by atoms with Crippen LogP contribution in [0.15, 0.2) is 54.6 Å². The molecule has 23 heavy (non-hydrogen) atoms. The Morgan fingerprint density at radius 1 is 1.17 bits per heavy atom. The molecule has 1 fully saturated rings. The molecule has 0 aliphatic carbocycles. The topological polar surface area (TPSA) is 35.6 Å². The van der Waals surface area contributed by atoms with Crippen LogP contribution in [0.5, 0.6) is 0 Å². The molecule has 4 nitrogen and oxygen atoms in total. The number of hydrogen-bond donors (Lipinski definition) is 1. The third kappa shape index (κ3) is 3.30. The maximum absolute atomic E-state index is 12.4. The zero-order chi connectivity index (χ0) is 16.4. The number of nitrogens with zero attached hydrogens (tertiary/aromatic N) is 2. The molecule has 3 rings (SSSR count). The van der Waals surface area contributed by atoms with Gasteiger partial charge in [0.2, 0.25) is 5.91 Å². The average molecular weight is 346 g/mol. The van der Waals surface area contributed by atoms with E-state index in [0.29, 0.717) is 16.6 Å². The molecule has 1 aliphatic rings. The first-order valence-corrected chi connectivity index (χ1v) is 8.08. The molecular weight excluding hydrogens is 330 g/mol. The predicted octanol–water partition coefficient (Wildman–Crippen LogP) is 4.08. The van der Waals surface area contributed by atoms with Gasteiger partial charge in [-0.2, -0.15) is 0 Å². The molecule has 1 N–H and O–H groups in total. The first-order chi connectivity index (χ1) is 11.1. The van der Waals surface area contributed by atoms with E-state index in [1.807, 2.05) is 54.4 Å². The van der Waals surface area contributed by atoms with E-state index in [-0.39, 0.29) is 11.9 Å². The van der Waals surface area contributed by atoms with Gasteiger partial charge in [0, 0.05) is 10.7 Å². The van der Waals surface area contributed by atoms with Crippen molar-refractivity contribution in [2.24, 2.45) is 0 Å². The molecule has 2 aromatic carbocycles. The van der Waals surface area contributed by atoms with Crippen molar-refractivity contribution in [1.82, 2.24) is 5.01 Å². The molecule has 0 saturated carbocycles. The van der Waals surface area contributed by atoms with E-state index in [1.54, 1.807) is 17.1 Å². The number of carbonyl (C=O) groups is 1. The molecule has 0 aromatic heterocycles. The van der Waals surface area contributed by atoms with Gasteiger partial charge in [-0.3, -0.25) is 4.79 Å². The summed E-state index contributed by atoms with van der Waals surface area (Å²) in [5.41, 5.74) is 1.64. The molecular formula is C17H16ClN3OS. The molecule has 1 aliphatic heterocycles. The van der Waals surface area contributed by atoms with Crippen LogP contribution in [-0.4, -0.2) is 22.1 Å². The van der Waals surface area contributed by atoms with Crippen LogP contribution in [-0.2, 0) is 4.79 Å². The van der Waals surface area contributed by atoms with Crippen molar-refractivity contribution in [2.45, 2.75) is 19.4 Å². The van der Waals surface area contributed by atoms with Gasteiger partial charge in [0.25, 0.3) is 0 Å². The second-order valence-corrected chi connectivity index (χ2v) is 6.20. The first kappa shape index (κ1) is 15.8. The third-order valence-corrected chi connectivity index (χ3v) is 4.18. The molecule has 0 spiro atoms. The highest BCUT2D eigenvalue weighted by Crippen LogP contribution is 2.27. The monoisotopic (exact) mass is 345 g/mol. The lowest BCUT2D eigenvalue weighted by atomic mass is 10.2. The molecule has 1 heterocycles. The summed E-state index contributed by atoms with van der Waals surface area (Å²) < 4.78 is 0. The molecule has 2 aromatic rings. The number of carbonyl (C=O) groups excluding carboxylic acids is 1. The number of hydrazine groups is 1. The molecule has 0 radical (unpaired) electrons. The van der Waals surface area contributed by atoms with Crippen LogP contribution in [0.3, 0.4) is 0 Å². The fraction of sp³-hybridized carbons (Fsp3) is 0.176. The van der Waals surface area contributed by atoms with Crippen LogP contribution in [0.2, 0.25) is 5.02 Å². The average Bonchev–Trinajstić information content (AvgIpc) is 2.85. The summed E-state index contributed by atoms with van der Waals surface area (Å²) in [5.74, 6) is 0.0314. The number of benzene rings is 2. The van der Waals surface area contributed by atoms with Gasteiger partial charge >= 0.3 is 0 Å². The molecule has 1 amide bonds. The molecule has 118 valence electrons.